The monoisotopic (exact) mass is 304 g/mol. The Kier molecular flexibility index (Phi) is 5.52. The summed E-state index contributed by atoms with van der Waals surface area (Å²) in [6.45, 7) is 1.24. The average Bonchev–Trinajstić information content (AvgIpc) is 2.82. The van der Waals surface area contributed by atoms with Crippen LogP contribution in [0, 0.1) is 0 Å². The quantitative estimate of drug-likeness (QED) is 0.668. The maximum absolute atomic E-state index is 12.2. The van der Waals surface area contributed by atoms with Gasteiger partial charge in [0.25, 0.3) is 0 Å². The molecule has 0 saturated carbocycles. The fourth-order valence-electron chi connectivity index (χ4n) is 2.44. The lowest BCUT2D eigenvalue weighted by atomic mass is 10.2. The molecule has 0 radical (unpaired) electrons. The first-order valence-corrected chi connectivity index (χ1v) is 7.40. The van der Waals surface area contributed by atoms with Gasteiger partial charge >= 0.3 is 17.8 Å². The van der Waals surface area contributed by atoms with Crippen molar-refractivity contribution in [1.82, 2.24) is 4.90 Å². The third-order valence-corrected chi connectivity index (χ3v) is 3.63. The molecule has 1 aliphatic heterocycles. The van der Waals surface area contributed by atoms with Gasteiger partial charge in [0, 0.05) is 18.8 Å². The number of anilines is 1. The average molecular weight is 304 g/mol. The van der Waals surface area contributed by atoms with Gasteiger partial charge in [-0.25, -0.2) is 4.79 Å². The fourth-order valence-corrected chi connectivity index (χ4v) is 2.44. The minimum atomic E-state index is -0.677. The lowest BCUT2D eigenvalue weighted by Crippen LogP contribution is -2.40. The van der Waals surface area contributed by atoms with Gasteiger partial charge in [0.2, 0.25) is 0 Å². The van der Waals surface area contributed by atoms with Crippen LogP contribution in [0.1, 0.15) is 36.0 Å². The van der Waals surface area contributed by atoms with E-state index in [1.807, 2.05) is 0 Å². The number of benzene rings is 1. The summed E-state index contributed by atoms with van der Waals surface area (Å²) in [4.78, 5) is 37.3. The molecule has 1 aromatic carbocycles. The summed E-state index contributed by atoms with van der Waals surface area (Å²) in [5.74, 6) is -1.69. The highest BCUT2D eigenvalue weighted by Crippen LogP contribution is 2.13. The van der Waals surface area contributed by atoms with Gasteiger partial charge < -0.3 is 15.0 Å². The predicted molar refractivity (Wildman–Crippen MR) is 81.5 cm³/mol. The molecule has 0 unspecified atom stereocenters. The van der Waals surface area contributed by atoms with Crippen LogP contribution in [0.15, 0.2) is 24.3 Å². The van der Waals surface area contributed by atoms with E-state index in [2.05, 4.69) is 10.1 Å². The molecule has 1 N–H and O–H groups in total. The summed E-state index contributed by atoms with van der Waals surface area (Å²) in [5, 5.41) is 2.54. The van der Waals surface area contributed by atoms with Crippen molar-refractivity contribution in [2.45, 2.75) is 25.7 Å². The number of carbonyl (C=O) groups excluding carboxylic acids is 3. The number of rotatable bonds is 2. The Bertz CT molecular complexity index is 563. The molecular formula is C16H20N2O4. The molecule has 6 nitrogen and oxygen atoms in total. The second kappa shape index (κ2) is 7.59. The number of hydrogen-bond acceptors (Lipinski definition) is 4. The van der Waals surface area contributed by atoms with Crippen molar-refractivity contribution in [3.8, 4) is 0 Å². The molecule has 118 valence electrons. The van der Waals surface area contributed by atoms with E-state index in [0.29, 0.717) is 24.3 Å². The fraction of sp³-hybridized carbons (Fsp3) is 0.438. The van der Waals surface area contributed by atoms with E-state index >= 15 is 0 Å². The maximum atomic E-state index is 12.2. The van der Waals surface area contributed by atoms with Crippen LogP contribution >= 0.6 is 0 Å². The molecule has 1 saturated heterocycles. The van der Waals surface area contributed by atoms with Crippen LogP contribution in [0.25, 0.3) is 0 Å². The van der Waals surface area contributed by atoms with Gasteiger partial charge in [-0.05, 0) is 31.0 Å². The molecule has 22 heavy (non-hydrogen) atoms. The summed E-state index contributed by atoms with van der Waals surface area (Å²) in [6.07, 6.45) is 4.03. The number of ether oxygens (including phenoxy) is 1. The lowest BCUT2D eigenvalue weighted by Gasteiger charge is -2.19. The third kappa shape index (κ3) is 4.07. The maximum Gasteiger partial charge on any atom is 0.337 e. The Balaban J connectivity index is 2.01. The number of hydrogen-bond donors (Lipinski definition) is 1. The first-order valence-electron chi connectivity index (χ1n) is 7.40. The number of nitrogens with one attached hydrogen (secondary N) is 1. The van der Waals surface area contributed by atoms with Crippen LogP contribution in [-0.2, 0) is 14.3 Å². The molecule has 0 aliphatic carbocycles. The molecule has 1 heterocycles. The van der Waals surface area contributed by atoms with Gasteiger partial charge in [-0.1, -0.05) is 18.9 Å². The standard InChI is InChI=1S/C16H20N2O4/c1-22-16(21)12-7-6-8-13(11-12)17-14(19)15(20)18-9-4-2-3-5-10-18/h6-8,11H,2-5,9-10H2,1H3,(H,17,19). The molecule has 1 aliphatic rings. The van der Waals surface area contributed by atoms with Gasteiger partial charge in [0.15, 0.2) is 0 Å². The zero-order valence-corrected chi connectivity index (χ0v) is 12.6. The second-order valence-corrected chi connectivity index (χ2v) is 5.23. The van der Waals surface area contributed by atoms with E-state index in [1.165, 1.54) is 13.2 Å². The molecule has 0 spiro atoms. The van der Waals surface area contributed by atoms with E-state index in [4.69, 9.17) is 0 Å². The molecule has 1 fully saturated rings. The number of amides is 2. The number of nitrogens with zero attached hydrogens (tertiary/aromatic N) is 1. The van der Waals surface area contributed by atoms with Crippen molar-refractivity contribution in [2.24, 2.45) is 0 Å². The van der Waals surface area contributed by atoms with E-state index in [0.717, 1.165) is 25.7 Å². The van der Waals surface area contributed by atoms with Crippen LogP contribution < -0.4 is 5.32 Å². The van der Waals surface area contributed by atoms with Crippen molar-refractivity contribution >= 4 is 23.5 Å². The van der Waals surface area contributed by atoms with Crippen molar-refractivity contribution in [1.29, 1.82) is 0 Å². The van der Waals surface area contributed by atoms with Gasteiger partial charge in [-0.15, -0.1) is 0 Å². The Labute approximate surface area is 129 Å². The molecular weight excluding hydrogens is 284 g/mol. The van der Waals surface area contributed by atoms with Gasteiger partial charge in [-0.3, -0.25) is 9.59 Å². The summed E-state index contributed by atoms with van der Waals surface area (Å²) in [5.41, 5.74) is 0.721. The number of esters is 1. The first kappa shape index (κ1) is 16.0. The Hall–Kier alpha value is -2.37. The van der Waals surface area contributed by atoms with Crippen molar-refractivity contribution in [3.63, 3.8) is 0 Å². The molecule has 2 rings (SSSR count). The van der Waals surface area contributed by atoms with Crippen LogP contribution in [0.4, 0.5) is 5.69 Å². The van der Waals surface area contributed by atoms with Crippen LogP contribution in [-0.4, -0.2) is 42.9 Å². The smallest absolute Gasteiger partial charge is 0.337 e. The SMILES string of the molecule is COC(=O)c1cccc(NC(=O)C(=O)N2CCCCCC2)c1. The summed E-state index contributed by atoms with van der Waals surface area (Å²) in [7, 11) is 1.29. The Morgan fingerprint density at radius 3 is 2.41 bits per heavy atom. The predicted octanol–water partition coefficient (Wildman–Crippen LogP) is 1.81. The van der Waals surface area contributed by atoms with Crippen LogP contribution in [0.5, 0.6) is 0 Å². The van der Waals surface area contributed by atoms with Gasteiger partial charge in [-0.2, -0.15) is 0 Å². The first-order chi connectivity index (χ1) is 10.6. The number of methoxy groups -OCH3 is 1. The lowest BCUT2D eigenvalue weighted by molar-refractivity contribution is -0.143. The summed E-state index contributed by atoms with van der Waals surface area (Å²) >= 11 is 0. The van der Waals surface area contributed by atoms with E-state index < -0.39 is 17.8 Å². The highest BCUT2D eigenvalue weighted by molar-refractivity contribution is 6.39. The van der Waals surface area contributed by atoms with E-state index in [1.54, 1.807) is 23.1 Å². The van der Waals surface area contributed by atoms with Crippen molar-refractivity contribution in [2.75, 3.05) is 25.5 Å². The molecule has 0 aromatic heterocycles. The highest BCUT2D eigenvalue weighted by atomic mass is 16.5. The second-order valence-electron chi connectivity index (χ2n) is 5.23. The molecule has 6 heteroatoms. The van der Waals surface area contributed by atoms with Crippen molar-refractivity contribution in [3.05, 3.63) is 29.8 Å². The largest absolute Gasteiger partial charge is 0.465 e. The van der Waals surface area contributed by atoms with Gasteiger partial charge in [0.05, 0.1) is 12.7 Å². The Morgan fingerprint density at radius 1 is 1.09 bits per heavy atom. The molecule has 0 bridgehead atoms. The highest BCUT2D eigenvalue weighted by Gasteiger charge is 2.22. The van der Waals surface area contributed by atoms with E-state index in [-0.39, 0.29) is 0 Å². The molecule has 2 amide bonds. The zero-order chi connectivity index (χ0) is 15.9. The topological polar surface area (TPSA) is 75.7 Å². The van der Waals surface area contributed by atoms with Gasteiger partial charge in [0.1, 0.15) is 0 Å². The normalized spacial score (nSPS) is 14.9. The number of likely N-dealkylation sites (tertiary alicyclic amines) is 1. The summed E-state index contributed by atoms with van der Waals surface area (Å²) in [6, 6.07) is 6.32. The third-order valence-electron chi connectivity index (χ3n) is 3.63. The molecule has 1 aromatic rings. The van der Waals surface area contributed by atoms with E-state index in [9.17, 15) is 14.4 Å². The van der Waals surface area contributed by atoms with Crippen LogP contribution in [0.3, 0.4) is 0 Å². The van der Waals surface area contributed by atoms with Crippen molar-refractivity contribution < 1.29 is 19.1 Å². The Morgan fingerprint density at radius 2 is 1.77 bits per heavy atom. The molecule has 0 atom stereocenters. The summed E-state index contributed by atoms with van der Waals surface area (Å²) < 4.78 is 4.63. The minimum absolute atomic E-state index is 0.322. The van der Waals surface area contributed by atoms with Crippen LogP contribution in [0.2, 0.25) is 0 Å². The number of carbonyl (C=O) groups is 3. The zero-order valence-electron chi connectivity index (χ0n) is 12.6. The minimum Gasteiger partial charge on any atom is -0.465 e.